The topological polar surface area (TPSA) is 62.7 Å². The van der Waals surface area contributed by atoms with Gasteiger partial charge < -0.3 is 14.7 Å². The molecule has 2 unspecified atom stereocenters. The molecule has 1 aromatic rings. The standard InChI is InChI=1S/C14H18N2O3/c17-5-3-14(18)16-9-10-6-11(16)7-13(10)19-12-2-1-4-15-8-12/h1-2,4,8,10-11,13,17H,3,5-7,9H2/t10?,11?,13-/m0/s1. The first-order chi connectivity index (χ1) is 9.28. The van der Waals surface area contributed by atoms with Gasteiger partial charge in [-0.3, -0.25) is 9.78 Å². The van der Waals surface area contributed by atoms with Crippen molar-refractivity contribution in [2.75, 3.05) is 13.2 Å². The second kappa shape index (κ2) is 5.17. The Morgan fingerprint density at radius 1 is 1.53 bits per heavy atom. The second-order valence-electron chi connectivity index (χ2n) is 5.25. The van der Waals surface area contributed by atoms with Crippen LogP contribution in [-0.2, 0) is 4.79 Å². The Labute approximate surface area is 112 Å². The summed E-state index contributed by atoms with van der Waals surface area (Å²) in [5, 5.41) is 8.83. The lowest BCUT2D eigenvalue weighted by Crippen LogP contribution is -2.43. The molecule has 2 aliphatic rings. The SMILES string of the molecule is O=C(CCO)N1CC2CC1C[C@@H]2Oc1cccnc1. The first kappa shape index (κ1) is 12.4. The minimum Gasteiger partial charge on any atom is -0.488 e. The quantitative estimate of drug-likeness (QED) is 0.873. The number of aromatic nitrogens is 1. The summed E-state index contributed by atoms with van der Waals surface area (Å²) in [6.07, 6.45) is 5.77. The van der Waals surface area contributed by atoms with Crippen molar-refractivity contribution in [3.8, 4) is 5.75 Å². The van der Waals surface area contributed by atoms with Crippen LogP contribution in [0.25, 0.3) is 0 Å². The van der Waals surface area contributed by atoms with E-state index in [0.29, 0.717) is 5.92 Å². The van der Waals surface area contributed by atoms with E-state index < -0.39 is 0 Å². The lowest BCUT2D eigenvalue weighted by atomic mass is 10.1. The molecule has 0 aromatic carbocycles. The lowest BCUT2D eigenvalue weighted by Gasteiger charge is -2.31. The largest absolute Gasteiger partial charge is 0.488 e. The van der Waals surface area contributed by atoms with Crippen molar-refractivity contribution < 1.29 is 14.6 Å². The molecule has 1 saturated carbocycles. The van der Waals surface area contributed by atoms with Crippen molar-refractivity contribution in [1.82, 2.24) is 9.88 Å². The highest BCUT2D eigenvalue weighted by atomic mass is 16.5. The fraction of sp³-hybridized carbons (Fsp3) is 0.571. The maximum absolute atomic E-state index is 11.8. The van der Waals surface area contributed by atoms with Gasteiger partial charge in [0.1, 0.15) is 11.9 Å². The number of rotatable bonds is 4. The predicted octanol–water partition coefficient (Wildman–Crippen LogP) is 0.832. The third-order valence-corrected chi connectivity index (χ3v) is 4.04. The molecule has 1 aliphatic heterocycles. The summed E-state index contributed by atoms with van der Waals surface area (Å²) in [6, 6.07) is 4.05. The summed E-state index contributed by atoms with van der Waals surface area (Å²) < 4.78 is 5.95. The Bertz CT molecular complexity index is 451. The number of carbonyl (C=O) groups is 1. The van der Waals surface area contributed by atoms with Gasteiger partial charge in [-0.15, -0.1) is 0 Å². The molecule has 102 valence electrons. The van der Waals surface area contributed by atoms with Gasteiger partial charge >= 0.3 is 0 Å². The average Bonchev–Trinajstić information content (AvgIpc) is 3.00. The number of hydrogen-bond donors (Lipinski definition) is 1. The van der Waals surface area contributed by atoms with Gasteiger partial charge in [-0.05, 0) is 18.6 Å². The minimum absolute atomic E-state index is 0.0647. The number of amides is 1. The molecule has 2 bridgehead atoms. The van der Waals surface area contributed by atoms with E-state index in [0.717, 1.165) is 25.1 Å². The van der Waals surface area contributed by atoms with Gasteiger partial charge in [0, 0.05) is 37.5 Å². The lowest BCUT2D eigenvalue weighted by molar-refractivity contribution is -0.134. The molecule has 0 spiro atoms. The number of carbonyl (C=O) groups excluding carboxylic acids is 1. The molecule has 1 saturated heterocycles. The molecule has 19 heavy (non-hydrogen) atoms. The van der Waals surface area contributed by atoms with Gasteiger partial charge in [-0.1, -0.05) is 0 Å². The van der Waals surface area contributed by atoms with Crippen LogP contribution in [0.4, 0.5) is 0 Å². The summed E-state index contributed by atoms with van der Waals surface area (Å²) in [6.45, 7) is 0.691. The van der Waals surface area contributed by atoms with E-state index in [1.54, 1.807) is 12.4 Å². The van der Waals surface area contributed by atoms with E-state index >= 15 is 0 Å². The van der Waals surface area contributed by atoms with Crippen LogP contribution in [0.5, 0.6) is 5.75 Å². The number of likely N-dealkylation sites (tertiary alicyclic amines) is 1. The predicted molar refractivity (Wildman–Crippen MR) is 68.6 cm³/mol. The van der Waals surface area contributed by atoms with E-state index in [-0.39, 0.29) is 31.1 Å². The Morgan fingerprint density at radius 2 is 2.42 bits per heavy atom. The number of aliphatic hydroxyl groups excluding tert-OH is 1. The van der Waals surface area contributed by atoms with Crippen LogP contribution in [0, 0.1) is 5.92 Å². The minimum atomic E-state index is -0.0671. The highest BCUT2D eigenvalue weighted by molar-refractivity contribution is 5.77. The first-order valence-electron chi connectivity index (χ1n) is 6.75. The van der Waals surface area contributed by atoms with Crippen LogP contribution in [-0.4, -0.2) is 46.2 Å². The molecular weight excluding hydrogens is 244 g/mol. The van der Waals surface area contributed by atoms with Crippen molar-refractivity contribution in [1.29, 1.82) is 0 Å². The van der Waals surface area contributed by atoms with Gasteiger partial charge in [0.05, 0.1) is 12.8 Å². The molecule has 1 aliphatic carbocycles. The summed E-state index contributed by atoms with van der Waals surface area (Å²) in [5.41, 5.74) is 0. The van der Waals surface area contributed by atoms with E-state index in [1.807, 2.05) is 17.0 Å². The van der Waals surface area contributed by atoms with Gasteiger partial charge in [-0.25, -0.2) is 0 Å². The number of fused-ring (bicyclic) bond motifs is 2. The highest BCUT2D eigenvalue weighted by Gasteiger charge is 2.47. The zero-order valence-electron chi connectivity index (χ0n) is 10.7. The monoisotopic (exact) mass is 262 g/mol. The number of piperidine rings is 1. The van der Waals surface area contributed by atoms with Crippen molar-refractivity contribution in [2.24, 2.45) is 5.92 Å². The third-order valence-electron chi connectivity index (χ3n) is 4.04. The number of hydrogen-bond acceptors (Lipinski definition) is 4. The summed E-state index contributed by atoms with van der Waals surface area (Å²) in [4.78, 5) is 17.8. The molecule has 2 fully saturated rings. The molecule has 5 heteroatoms. The number of aliphatic hydroxyl groups is 1. The maximum atomic E-state index is 11.8. The molecular formula is C14H18N2O3. The van der Waals surface area contributed by atoms with Gasteiger partial charge in [0.15, 0.2) is 0 Å². The maximum Gasteiger partial charge on any atom is 0.225 e. The van der Waals surface area contributed by atoms with Crippen LogP contribution >= 0.6 is 0 Å². The highest BCUT2D eigenvalue weighted by Crippen LogP contribution is 2.40. The zero-order chi connectivity index (χ0) is 13.2. The molecule has 3 atom stereocenters. The van der Waals surface area contributed by atoms with Gasteiger partial charge in [-0.2, -0.15) is 0 Å². The van der Waals surface area contributed by atoms with Crippen LogP contribution in [0.2, 0.25) is 0 Å². The number of nitrogens with zero attached hydrogens (tertiary/aromatic N) is 2. The Hall–Kier alpha value is -1.62. The fourth-order valence-corrected chi connectivity index (χ4v) is 3.19. The van der Waals surface area contributed by atoms with Gasteiger partial charge in [0.25, 0.3) is 0 Å². The van der Waals surface area contributed by atoms with Crippen molar-refractivity contribution in [2.45, 2.75) is 31.4 Å². The number of pyridine rings is 1. The van der Waals surface area contributed by atoms with E-state index in [9.17, 15) is 4.79 Å². The molecule has 2 heterocycles. The Kier molecular flexibility index (Phi) is 3.38. The average molecular weight is 262 g/mol. The molecule has 1 aromatic heterocycles. The second-order valence-corrected chi connectivity index (χ2v) is 5.25. The van der Waals surface area contributed by atoms with Crippen molar-refractivity contribution in [3.05, 3.63) is 24.5 Å². The Balaban J connectivity index is 1.59. The smallest absolute Gasteiger partial charge is 0.225 e. The molecule has 1 amide bonds. The summed E-state index contributed by atoms with van der Waals surface area (Å²) in [7, 11) is 0. The first-order valence-corrected chi connectivity index (χ1v) is 6.75. The molecule has 1 N–H and O–H groups in total. The molecule has 0 radical (unpaired) electrons. The van der Waals surface area contributed by atoms with Crippen LogP contribution in [0.15, 0.2) is 24.5 Å². The summed E-state index contributed by atoms with van der Waals surface area (Å²) >= 11 is 0. The van der Waals surface area contributed by atoms with E-state index in [4.69, 9.17) is 9.84 Å². The van der Waals surface area contributed by atoms with Gasteiger partial charge in [0.2, 0.25) is 5.91 Å². The fourth-order valence-electron chi connectivity index (χ4n) is 3.19. The summed E-state index contributed by atoms with van der Waals surface area (Å²) in [5.74, 6) is 1.27. The Morgan fingerprint density at radius 3 is 3.05 bits per heavy atom. The number of ether oxygens (including phenoxy) is 1. The van der Waals surface area contributed by atoms with E-state index in [1.165, 1.54) is 0 Å². The van der Waals surface area contributed by atoms with Crippen LogP contribution in [0.1, 0.15) is 19.3 Å². The van der Waals surface area contributed by atoms with Crippen LogP contribution in [0.3, 0.4) is 0 Å². The van der Waals surface area contributed by atoms with Crippen LogP contribution < -0.4 is 4.74 Å². The molecule has 3 rings (SSSR count). The van der Waals surface area contributed by atoms with E-state index in [2.05, 4.69) is 4.98 Å². The third kappa shape index (κ3) is 2.42. The zero-order valence-corrected chi connectivity index (χ0v) is 10.7. The van der Waals surface area contributed by atoms with Crippen molar-refractivity contribution >= 4 is 5.91 Å². The van der Waals surface area contributed by atoms with Crippen molar-refractivity contribution in [3.63, 3.8) is 0 Å². The normalized spacial score (nSPS) is 28.7. The molecule has 5 nitrogen and oxygen atoms in total.